The lowest BCUT2D eigenvalue weighted by Crippen LogP contribution is -2.09. The molecule has 2 nitrogen and oxygen atoms in total. The number of hydrogen-bond acceptors (Lipinski definition) is 2. The summed E-state index contributed by atoms with van der Waals surface area (Å²) in [7, 11) is 0. The monoisotopic (exact) mass is 314 g/mol. The number of allylic oxidation sites excluding steroid dienone is 1. The Bertz CT molecular complexity index is 389. The Morgan fingerprint density at radius 1 is 1.44 bits per heavy atom. The van der Waals surface area contributed by atoms with E-state index in [1.165, 1.54) is 0 Å². The summed E-state index contributed by atoms with van der Waals surface area (Å²) in [6.45, 7) is 3.89. The van der Waals surface area contributed by atoms with Gasteiger partial charge in [0.1, 0.15) is 6.17 Å². The van der Waals surface area contributed by atoms with Crippen molar-refractivity contribution in [3.8, 4) is 0 Å². The predicted octanol–water partition coefficient (Wildman–Crippen LogP) is 4.36. The Labute approximate surface area is 115 Å². The molecule has 1 rings (SSSR count). The van der Waals surface area contributed by atoms with Gasteiger partial charge in [0.25, 0.3) is 0 Å². The fourth-order valence-electron chi connectivity index (χ4n) is 1.41. The van der Waals surface area contributed by atoms with Gasteiger partial charge < -0.3 is 4.74 Å². The fraction of sp³-hybridized carbons (Fsp3) is 0.357. The Morgan fingerprint density at radius 3 is 2.72 bits per heavy atom. The third-order valence-corrected chi connectivity index (χ3v) is 2.92. The van der Waals surface area contributed by atoms with E-state index in [1.807, 2.05) is 0 Å². The molecule has 1 aromatic carbocycles. The van der Waals surface area contributed by atoms with Crippen LogP contribution in [0, 0.1) is 0 Å². The first-order valence-electron chi connectivity index (χ1n) is 5.79. The van der Waals surface area contributed by atoms with Crippen molar-refractivity contribution in [3.63, 3.8) is 0 Å². The van der Waals surface area contributed by atoms with Gasteiger partial charge in [-0.25, -0.2) is 4.39 Å². The lowest BCUT2D eigenvalue weighted by atomic mass is 10.1. The molecule has 1 aromatic rings. The maximum Gasteiger partial charge on any atom is 0.309 e. The van der Waals surface area contributed by atoms with Gasteiger partial charge >= 0.3 is 5.97 Å². The third-order valence-electron chi connectivity index (χ3n) is 2.39. The molecule has 0 bridgehead atoms. The summed E-state index contributed by atoms with van der Waals surface area (Å²) >= 11 is 3.27. The van der Waals surface area contributed by atoms with Crippen molar-refractivity contribution in [1.82, 2.24) is 0 Å². The van der Waals surface area contributed by atoms with E-state index in [0.29, 0.717) is 12.2 Å². The second kappa shape index (κ2) is 8.03. The van der Waals surface area contributed by atoms with Gasteiger partial charge in [-0.05, 0) is 30.5 Å². The molecule has 0 saturated heterocycles. The Hall–Kier alpha value is -1.16. The molecule has 4 heteroatoms. The van der Waals surface area contributed by atoms with E-state index in [9.17, 15) is 9.18 Å². The molecule has 0 saturated carbocycles. The molecular formula is C14H16BrFO2. The van der Waals surface area contributed by atoms with E-state index in [0.717, 1.165) is 17.3 Å². The van der Waals surface area contributed by atoms with Crippen molar-refractivity contribution >= 4 is 21.9 Å². The Morgan fingerprint density at radius 2 is 2.11 bits per heavy atom. The summed E-state index contributed by atoms with van der Waals surface area (Å²) in [6.07, 6.45) is 1.72. The van der Waals surface area contributed by atoms with Gasteiger partial charge in [0, 0.05) is 4.47 Å². The van der Waals surface area contributed by atoms with Crippen LogP contribution in [-0.4, -0.2) is 12.6 Å². The first-order chi connectivity index (χ1) is 8.63. The normalized spacial score (nSPS) is 11.9. The van der Waals surface area contributed by atoms with Crippen LogP contribution in [0.15, 0.2) is 41.4 Å². The SMILES string of the molecule is C=CCCCOC(=O)CC(F)c1ccc(Br)cc1. The lowest BCUT2D eigenvalue weighted by Gasteiger charge is -2.08. The minimum Gasteiger partial charge on any atom is -0.466 e. The van der Waals surface area contributed by atoms with E-state index in [-0.39, 0.29) is 6.42 Å². The maximum absolute atomic E-state index is 13.8. The van der Waals surface area contributed by atoms with Crippen LogP contribution in [0.2, 0.25) is 0 Å². The molecule has 0 N–H and O–H groups in total. The molecule has 98 valence electrons. The molecule has 0 aromatic heterocycles. The second-order valence-corrected chi connectivity index (χ2v) is 4.79. The van der Waals surface area contributed by atoms with Gasteiger partial charge in [-0.1, -0.05) is 34.1 Å². The number of carbonyl (C=O) groups is 1. The Kier molecular flexibility index (Phi) is 6.65. The summed E-state index contributed by atoms with van der Waals surface area (Å²) in [4.78, 5) is 11.4. The van der Waals surface area contributed by atoms with Crippen molar-refractivity contribution in [3.05, 3.63) is 47.0 Å². The van der Waals surface area contributed by atoms with Crippen LogP contribution in [0.25, 0.3) is 0 Å². The van der Waals surface area contributed by atoms with Crippen molar-refractivity contribution < 1.29 is 13.9 Å². The number of unbranched alkanes of at least 4 members (excludes halogenated alkanes) is 1. The van der Waals surface area contributed by atoms with Gasteiger partial charge in [0.05, 0.1) is 13.0 Å². The summed E-state index contributed by atoms with van der Waals surface area (Å²) in [5.74, 6) is -0.505. The number of carbonyl (C=O) groups excluding carboxylic acids is 1. The number of hydrogen-bond donors (Lipinski definition) is 0. The molecular weight excluding hydrogens is 299 g/mol. The van der Waals surface area contributed by atoms with Gasteiger partial charge in [-0.2, -0.15) is 0 Å². The molecule has 0 spiro atoms. The lowest BCUT2D eigenvalue weighted by molar-refractivity contribution is -0.145. The van der Waals surface area contributed by atoms with E-state index in [2.05, 4.69) is 22.5 Å². The second-order valence-electron chi connectivity index (χ2n) is 3.87. The molecule has 0 aliphatic heterocycles. The smallest absolute Gasteiger partial charge is 0.309 e. The van der Waals surface area contributed by atoms with Crippen molar-refractivity contribution in [1.29, 1.82) is 0 Å². The van der Waals surface area contributed by atoms with Crippen LogP contribution in [0.5, 0.6) is 0 Å². The highest BCUT2D eigenvalue weighted by molar-refractivity contribution is 9.10. The van der Waals surface area contributed by atoms with Crippen LogP contribution in [0.3, 0.4) is 0 Å². The molecule has 18 heavy (non-hydrogen) atoms. The van der Waals surface area contributed by atoms with Crippen LogP contribution >= 0.6 is 15.9 Å². The van der Waals surface area contributed by atoms with Crippen LogP contribution in [-0.2, 0) is 9.53 Å². The number of rotatable bonds is 7. The molecule has 0 aliphatic carbocycles. The summed E-state index contributed by atoms with van der Waals surface area (Å²) < 4.78 is 19.6. The van der Waals surface area contributed by atoms with E-state index in [4.69, 9.17) is 4.74 Å². The minimum atomic E-state index is -1.31. The number of benzene rings is 1. The van der Waals surface area contributed by atoms with Gasteiger partial charge in [-0.15, -0.1) is 6.58 Å². The van der Waals surface area contributed by atoms with Crippen LogP contribution in [0.4, 0.5) is 4.39 Å². The van der Waals surface area contributed by atoms with E-state index >= 15 is 0 Å². The first-order valence-corrected chi connectivity index (χ1v) is 6.59. The number of ether oxygens (including phenoxy) is 1. The Balaban J connectivity index is 2.35. The zero-order valence-electron chi connectivity index (χ0n) is 10.1. The molecule has 0 radical (unpaired) electrons. The third kappa shape index (κ3) is 5.45. The quantitative estimate of drug-likeness (QED) is 0.424. The standard InChI is InChI=1S/C14H16BrFO2/c1-2-3-4-9-18-14(17)10-13(16)11-5-7-12(15)8-6-11/h2,5-8,13H,1,3-4,9-10H2. The highest BCUT2D eigenvalue weighted by Gasteiger charge is 2.15. The number of alkyl halides is 1. The number of halogens is 2. The van der Waals surface area contributed by atoms with Crippen LogP contribution < -0.4 is 0 Å². The molecule has 1 unspecified atom stereocenters. The molecule has 0 fully saturated rings. The average Bonchev–Trinajstić information content (AvgIpc) is 2.35. The zero-order chi connectivity index (χ0) is 13.4. The van der Waals surface area contributed by atoms with Gasteiger partial charge in [-0.3, -0.25) is 4.79 Å². The zero-order valence-corrected chi connectivity index (χ0v) is 11.7. The maximum atomic E-state index is 13.8. The molecule has 1 atom stereocenters. The van der Waals surface area contributed by atoms with Crippen molar-refractivity contribution in [2.75, 3.05) is 6.61 Å². The molecule has 0 amide bonds. The summed E-state index contributed by atoms with van der Waals surface area (Å²) in [5.41, 5.74) is 0.487. The summed E-state index contributed by atoms with van der Waals surface area (Å²) in [5, 5.41) is 0. The number of esters is 1. The highest BCUT2D eigenvalue weighted by Crippen LogP contribution is 2.23. The first kappa shape index (κ1) is 14.9. The van der Waals surface area contributed by atoms with Gasteiger partial charge in [0.15, 0.2) is 0 Å². The fourth-order valence-corrected chi connectivity index (χ4v) is 1.67. The summed E-state index contributed by atoms with van der Waals surface area (Å²) in [6, 6.07) is 6.80. The van der Waals surface area contributed by atoms with Crippen LogP contribution in [0.1, 0.15) is 31.0 Å². The minimum absolute atomic E-state index is 0.240. The van der Waals surface area contributed by atoms with E-state index < -0.39 is 12.1 Å². The van der Waals surface area contributed by atoms with E-state index in [1.54, 1.807) is 30.3 Å². The largest absolute Gasteiger partial charge is 0.466 e. The predicted molar refractivity (Wildman–Crippen MR) is 73.0 cm³/mol. The topological polar surface area (TPSA) is 26.3 Å². The van der Waals surface area contributed by atoms with Crippen molar-refractivity contribution in [2.24, 2.45) is 0 Å². The molecule has 0 heterocycles. The highest BCUT2D eigenvalue weighted by atomic mass is 79.9. The molecule has 0 aliphatic rings. The average molecular weight is 315 g/mol. The van der Waals surface area contributed by atoms with Gasteiger partial charge in [0.2, 0.25) is 0 Å². The van der Waals surface area contributed by atoms with Crippen molar-refractivity contribution in [2.45, 2.75) is 25.4 Å².